The number of rotatable bonds is 6. The van der Waals surface area contributed by atoms with E-state index in [1.54, 1.807) is 4.90 Å². The minimum absolute atomic E-state index is 0.112. The molecule has 8 nitrogen and oxygen atoms in total. The number of nitrogens with one attached hydrogen (secondary N) is 1. The Morgan fingerprint density at radius 1 is 1.31 bits per heavy atom. The minimum Gasteiger partial charge on any atom is -0.441 e. The number of benzene rings is 1. The topological polar surface area (TPSA) is 127 Å². The number of aromatic nitrogens is 1. The summed E-state index contributed by atoms with van der Waals surface area (Å²) < 4.78 is 5.85. The van der Waals surface area contributed by atoms with Gasteiger partial charge in [0.05, 0.1) is 12.6 Å². The van der Waals surface area contributed by atoms with Crippen LogP contribution in [0.2, 0.25) is 0 Å². The zero-order valence-corrected chi connectivity index (χ0v) is 14.5. The third-order valence-electron chi connectivity index (χ3n) is 4.37. The quantitative estimate of drug-likeness (QED) is 0.665. The highest BCUT2D eigenvalue weighted by molar-refractivity contribution is 5.81. The molecular weight excluding hydrogens is 334 g/mol. The van der Waals surface area contributed by atoms with E-state index in [4.69, 9.17) is 15.9 Å². The molecule has 1 atom stereocenters. The molecule has 0 saturated carbocycles. The van der Waals surface area contributed by atoms with Crippen LogP contribution in [0.15, 0.2) is 34.7 Å². The number of oxazole rings is 1. The van der Waals surface area contributed by atoms with Crippen molar-refractivity contribution in [2.45, 2.75) is 31.8 Å². The molecule has 3 rings (SSSR count). The zero-order chi connectivity index (χ0) is 18.5. The van der Waals surface area contributed by atoms with Crippen LogP contribution in [0.1, 0.15) is 24.3 Å². The Morgan fingerprint density at radius 2 is 2.08 bits per heavy atom. The largest absolute Gasteiger partial charge is 0.441 e. The van der Waals surface area contributed by atoms with Crippen molar-refractivity contribution in [2.75, 3.05) is 13.1 Å². The van der Waals surface area contributed by atoms with E-state index in [-0.39, 0.29) is 5.91 Å². The van der Waals surface area contributed by atoms with Gasteiger partial charge in [0.2, 0.25) is 11.8 Å². The van der Waals surface area contributed by atoms with E-state index in [9.17, 15) is 9.59 Å². The molecule has 0 saturated heterocycles. The fraction of sp³-hybridized carbons (Fsp3) is 0.389. The van der Waals surface area contributed by atoms with Gasteiger partial charge in [0.15, 0.2) is 0 Å². The van der Waals surface area contributed by atoms with E-state index in [0.717, 1.165) is 17.0 Å². The Labute approximate surface area is 151 Å². The number of urea groups is 1. The van der Waals surface area contributed by atoms with Crippen molar-refractivity contribution in [1.29, 1.82) is 0 Å². The third-order valence-corrected chi connectivity index (χ3v) is 4.37. The van der Waals surface area contributed by atoms with E-state index in [0.29, 0.717) is 44.8 Å². The van der Waals surface area contributed by atoms with Crippen LogP contribution in [0, 0.1) is 0 Å². The fourth-order valence-corrected chi connectivity index (χ4v) is 2.98. The molecular formula is C18H23N5O3. The third kappa shape index (κ3) is 4.20. The summed E-state index contributed by atoms with van der Waals surface area (Å²) in [5, 5.41) is 2.49. The molecule has 1 aromatic heterocycles. The lowest BCUT2D eigenvalue weighted by atomic mass is 10.1. The Kier molecular flexibility index (Phi) is 5.52. The average molecular weight is 357 g/mol. The highest BCUT2D eigenvalue weighted by atomic mass is 16.4. The molecule has 26 heavy (non-hydrogen) atoms. The maximum absolute atomic E-state index is 12.5. The molecule has 2 heterocycles. The SMILES string of the molecule is NC(=O)NCCC[C@H](N)C(=O)N1CCc2oc(-c3ccccc3)nc2C1. The summed E-state index contributed by atoms with van der Waals surface area (Å²) in [5.41, 5.74) is 12.7. The first-order chi connectivity index (χ1) is 12.5. The minimum atomic E-state index is -0.605. The summed E-state index contributed by atoms with van der Waals surface area (Å²) in [6.45, 7) is 1.37. The van der Waals surface area contributed by atoms with Crippen LogP contribution in [-0.4, -0.2) is 41.0 Å². The van der Waals surface area contributed by atoms with Gasteiger partial charge in [0.1, 0.15) is 11.5 Å². The zero-order valence-electron chi connectivity index (χ0n) is 14.5. The molecule has 2 aromatic rings. The second-order valence-corrected chi connectivity index (χ2v) is 6.30. The molecule has 138 valence electrons. The van der Waals surface area contributed by atoms with E-state index in [2.05, 4.69) is 10.3 Å². The number of primary amides is 1. The van der Waals surface area contributed by atoms with Crippen molar-refractivity contribution in [1.82, 2.24) is 15.2 Å². The van der Waals surface area contributed by atoms with Crippen LogP contribution in [0.4, 0.5) is 4.79 Å². The van der Waals surface area contributed by atoms with E-state index in [1.807, 2.05) is 30.3 Å². The van der Waals surface area contributed by atoms with Crippen LogP contribution in [0.5, 0.6) is 0 Å². The summed E-state index contributed by atoms with van der Waals surface area (Å²) in [5.74, 6) is 1.29. The smallest absolute Gasteiger partial charge is 0.312 e. The molecule has 0 fully saturated rings. The number of amides is 3. The number of fused-ring (bicyclic) bond motifs is 1. The first-order valence-electron chi connectivity index (χ1n) is 8.66. The first-order valence-corrected chi connectivity index (χ1v) is 8.66. The van der Waals surface area contributed by atoms with Crippen LogP contribution in [-0.2, 0) is 17.8 Å². The van der Waals surface area contributed by atoms with E-state index >= 15 is 0 Å². The fourth-order valence-electron chi connectivity index (χ4n) is 2.98. The van der Waals surface area contributed by atoms with E-state index in [1.165, 1.54) is 0 Å². The van der Waals surface area contributed by atoms with Crippen LogP contribution in [0.3, 0.4) is 0 Å². The molecule has 0 radical (unpaired) electrons. The van der Waals surface area contributed by atoms with Crippen molar-refractivity contribution in [3.05, 3.63) is 41.8 Å². The molecule has 1 aliphatic heterocycles. The number of hydrogen-bond donors (Lipinski definition) is 3. The van der Waals surface area contributed by atoms with Gasteiger partial charge in [-0.2, -0.15) is 0 Å². The molecule has 0 spiro atoms. The van der Waals surface area contributed by atoms with Crippen molar-refractivity contribution in [2.24, 2.45) is 11.5 Å². The van der Waals surface area contributed by atoms with Crippen molar-refractivity contribution in [3.63, 3.8) is 0 Å². The summed E-state index contributed by atoms with van der Waals surface area (Å²) >= 11 is 0. The Hall–Kier alpha value is -2.87. The molecule has 3 amide bonds. The molecule has 8 heteroatoms. The number of hydrogen-bond acceptors (Lipinski definition) is 5. The first kappa shape index (κ1) is 17.9. The van der Waals surface area contributed by atoms with E-state index < -0.39 is 12.1 Å². The van der Waals surface area contributed by atoms with Gasteiger partial charge < -0.3 is 26.1 Å². The molecule has 1 aromatic carbocycles. The number of nitrogens with zero attached hydrogens (tertiary/aromatic N) is 2. The maximum atomic E-state index is 12.5. The second kappa shape index (κ2) is 8.01. The molecule has 5 N–H and O–H groups in total. The summed E-state index contributed by atoms with van der Waals surface area (Å²) in [6, 6.07) is 8.50. The molecule has 0 aliphatic carbocycles. The molecule has 1 aliphatic rings. The number of carbonyl (C=O) groups is 2. The van der Waals surface area contributed by atoms with Crippen LogP contribution in [0.25, 0.3) is 11.5 Å². The lowest BCUT2D eigenvalue weighted by molar-refractivity contribution is -0.133. The van der Waals surface area contributed by atoms with Gasteiger partial charge in [-0.05, 0) is 25.0 Å². The second-order valence-electron chi connectivity index (χ2n) is 6.30. The monoisotopic (exact) mass is 357 g/mol. The summed E-state index contributed by atoms with van der Waals surface area (Å²) in [7, 11) is 0. The van der Waals surface area contributed by atoms with Gasteiger partial charge in [-0.15, -0.1) is 0 Å². The lowest BCUT2D eigenvalue weighted by Gasteiger charge is -2.27. The van der Waals surface area contributed by atoms with Crippen molar-refractivity contribution >= 4 is 11.9 Å². The highest BCUT2D eigenvalue weighted by Crippen LogP contribution is 2.26. The van der Waals surface area contributed by atoms with Gasteiger partial charge in [0, 0.05) is 25.1 Å². The predicted molar refractivity (Wildman–Crippen MR) is 95.9 cm³/mol. The number of nitrogens with two attached hydrogens (primary N) is 2. The maximum Gasteiger partial charge on any atom is 0.312 e. The number of carbonyl (C=O) groups excluding carboxylic acids is 2. The Morgan fingerprint density at radius 3 is 2.81 bits per heavy atom. The van der Waals surface area contributed by atoms with Gasteiger partial charge in [0.25, 0.3) is 0 Å². The van der Waals surface area contributed by atoms with Gasteiger partial charge in [-0.3, -0.25) is 4.79 Å². The Bertz CT molecular complexity index is 774. The molecule has 0 unspecified atom stereocenters. The van der Waals surface area contributed by atoms with Gasteiger partial charge in [-0.1, -0.05) is 18.2 Å². The normalized spacial score (nSPS) is 14.6. The predicted octanol–water partition coefficient (Wildman–Crippen LogP) is 1.00. The van der Waals surface area contributed by atoms with Gasteiger partial charge >= 0.3 is 6.03 Å². The van der Waals surface area contributed by atoms with Crippen molar-refractivity contribution in [3.8, 4) is 11.5 Å². The lowest BCUT2D eigenvalue weighted by Crippen LogP contribution is -2.46. The highest BCUT2D eigenvalue weighted by Gasteiger charge is 2.28. The van der Waals surface area contributed by atoms with Crippen molar-refractivity contribution < 1.29 is 14.0 Å². The molecule has 0 bridgehead atoms. The standard InChI is InChI=1S/C18H23N5O3/c19-13(7-4-9-21-18(20)25)17(24)23-10-8-15-14(11-23)22-16(26-15)12-5-2-1-3-6-12/h1-3,5-6,13H,4,7-11,19H2,(H3,20,21,25)/t13-/m0/s1. The summed E-state index contributed by atoms with van der Waals surface area (Å²) in [4.78, 5) is 29.4. The Balaban J connectivity index is 1.58. The van der Waals surface area contributed by atoms with Crippen LogP contribution < -0.4 is 16.8 Å². The van der Waals surface area contributed by atoms with Gasteiger partial charge in [-0.25, -0.2) is 9.78 Å². The average Bonchev–Trinajstić information content (AvgIpc) is 3.08. The summed E-state index contributed by atoms with van der Waals surface area (Å²) in [6.07, 6.45) is 1.70. The van der Waals surface area contributed by atoms with Crippen LogP contribution >= 0.6 is 0 Å².